The molecular weight excluding hydrogens is 364 g/mol. The monoisotopic (exact) mass is 377 g/mol. The van der Waals surface area contributed by atoms with Crippen LogP contribution in [-0.2, 0) is 10.5 Å². The third-order valence-corrected chi connectivity index (χ3v) is 5.04. The lowest BCUT2D eigenvalue weighted by Gasteiger charge is -2.44. The van der Waals surface area contributed by atoms with Crippen LogP contribution in [0.4, 0.5) is 25.8 Å². The van der Waals surface area contributed by atoms with E-state index in [4.69, 9.17) is 0 Å². The number of nitrogens with one attached hydrogen (secondary N) is 2. The lowest BCUT2D eigenvalue weighted by atomic mass is 9.92. The summed E-state index contributed by atoms with van der Waals surface area (Å²) in [6, 6.07) is 16.0. The Labute approximate surface area is 158 Å². The molecule has 5 nitrogen and oxygen atoms in total. The molecule has 0 radical (unpaired) electrons. The Balaban J connectivity index is 1.81. The fourth-order valence-corrected chi connectivity index (χ4v) is 3.82. The van der Waals surface area contributed by atoms with Crippen molar-refractivity contribution < 1.29 is 18.4 Å². The molecular formula is C21H13F2N3O2. The van der Waals surface area contributed by atoms with Gasteiger partial charge < -0.3 is 10.6 Å². The summed E-state index contributed by atoms with van der Waals surface area (Å²) in [6.07, 6.45) is 0. The number of fused-ring (bicyclic) bond motifs is 3. The number of benzene rings is 3. The highest BCUT2D eigenvalue weighted by Gasteiger charge is 2.57. The first kappa shape index (κ1) is 16.4. The zero-order chi connectivity index (χ0) is 19.5. The molecule has 0 fully saturated rings. The number of carbonyl (C=O) groups is 2. The molecule has 3 aromatic carbocycles. The smallest absolute Gasteiger partial charge is 0.276 e. The van der Waals surface area contributed by atoms with Gasteiger partial charge in [-0.05, 0) is 54.6 Å². The molecule has 7 heteroatoms. The molecule has 2 amide bonds. The maximum atomic E-state index is 13.7. The second-order valence-electron chi connectivity index (χ2n) is 6.64. The molecule has 138 valence electrons. The van der Waals surface area contributed by atoms with Gasteiger partial charge in [0.2, 0.25) is 5.66 Å². The molecule has 1 atom stereocenters. The molecule has 2 heterocycles. The highest BCUT2D eigenvalue weighted by molar-refractivity contribution is 6.21. The second kappa shape index (κ2) is 5.63. The maximum absolute atomic E-state index is 13.7. The largest absolute Gasteiger partial charge is 0.350 e. The summed E-state index contributed by atoms with van der Waals surface area (Å²) < 4.78 is 27.2. The van der Waals surface area contributed by atoms with Gasteiger partial charge in [0.1, 0.15) is 11.6 Å². The van der Waals surface area contributed by atoms with Crippen molar-refractivity contribution >= 4 is 28.9 Å². The molecule has 1 unspecified atom stereocenters. The minimum Gasteiger partial charge on any atom is -0.350 e. The van der Waals surface area contributed by atoms with Gasteiger partial charge in [0.15, 0.2) is 0 Å². The van der Waals surface area contributed by atoms with E-state index in [-0.39, 0.29) is 5.69 Å². The Morgan fingerprint density at radius 3 is 2.32 bits per heavy atom. The van der Waals surface area contributed by atoms with Gasteiger partial charge in [-0.25, -0.2) is 8.78 Å². The normalized spacial score (nSPS) is 19.9. The lowest BCUT2D eigenvalue weighted by Crippen LogP contribution is -2.61. The van der Waals surface area contributed by atoms with E-state index in [1.807, 2.05) is 0 Å². The molecule has 0 aliphatic carbocycles. The fourth-order valence-electron chi connectivity index (χ4n) is 3.82. The second-order valence-corrected chi connectivity index (χ2v) is 6.64. The summed E-state index contributed by atoms with van der Waals surface area (Å²) in [5.41, 5.74) is 0.259. The Hall–Kier alpha value is -3.74. The predicted octanol–water partition coefficient (Wildman–Crippen LogP) is 3.84. The number of rotatable bonds is 1. The summed E-state index contributed by atoms with van der Waals surface area (Å²) in [7, 11) is 0. The highest BCUT2D eigenvalue weighted by atomic mass is 19.1. The van der Waals surface area contributed by atoms with E-state index in [9.17, 15) is 18.4 Å². The zero-order valence-corrected chi connectivity index (χ0v) is 14.4. The van der Waals surface area contributed by atoms with Gasteiger partial charge >= 0.3 is 0 Å². The minimum absolute atomic E-state index is 0.275. The highest BCUT2D eigenvalue weighted by Crippen LogP contribution is 2.47. The molecule has 28 heavy (non-hydrogen) atoms. The number of hydrogen-bond donors (Lipinski definition) is 2. The van der Waals surface area contributed by atoms with Crippen LogP contribution in [0.15, 0.2) is 66.7 Å². The van der Waals surface area contributed by atoms with E-state index in [0.717, 1.165) is 0 Å². The topological polar surface area (TPSA) is 61.4 Å². The van der Waals surface area contributed by atoms with Crippen molar-refractivity contribution in [3.05, 3.63) is 89.5 Å². The van der Waals surface area contributed by atoms with E-state index < -0.39 is 29.1 Å². The first-order valence-corrected chi connectivity index (χ1v) is 8.59. The Kier molecular flexibility index (Phi) is 3.30. The van der Waals surface area contributed by atoms with Crippen molar-refractivity contribution in [1.82, 2.24) is 0 Å². The van der Waals surface area contributed by atoms with Crippen LogP contribution >= 0.6 is 0 Å². The summed E-state index contributed by atoms with van der Waals surface area (Å²) in [4.78, 5) is 27.9. The summed E-state index contributed by atoms with van der Waals surface area (Å²) in [5, 5.41) is 5.82. The first-order chi connectivity index (χ1) is 13.5. The fraction of sp³-hybridized carbons (Fsp3) is 0.0476. The molecule has 2 aliphatic rings. The van der Waals surface area contributed by atoms with Crippen LogP contribution in [0.1, 0.15) is 15.9 Å². The third-order valence-electron chi connectivity index (χ3n) is 5.04. The van der Waals surface area contributed by atoms with E-state index in [0.29, 0.717) is 22.5 Å². The molecule has 5 rings (SSSR count). The van der Waals surface area contributed by atoms with Crippen LogP contribution in [0.3, 0.4) is 0 Å². The number of anilines is 3. The van der Waals surface area contributed by atoms with Crippen LogP contribution in [0.5, 0.6) is 0 Å². The van der Waals surface area contributed by atoms with Crippen molar-refractivity contribution in [2.75, 3.05) is 15.5 Å². The van der Waals surface area contributed by atoms with Gasteiger partial charge in [0, 0.05) is 16.9 Å². The van der Waals surface area contributed by atoms with Gasteiger partial charge in [-0.1, -0.05) is 12.1 Å². The van der Waals surface area contributed by atoms with Crippen molar-refractivity contribution in [3.8, 4) is 0 Å². The maximum Gasteiger partial charge on any atom is 0.276 e. The Morgan fingerprint density at radius 2 is 1.54 bits per heavy atom. The number of carbonyl (C=O) groups excluding carboxylic acids is 2. The van der Waals surface area contributed by atoms with E-state index >= 15 is 0 Å². The Morgan fingerprint density at radius 1 is 0.821 bits per heavy atom. The van der Waals surface area contributed by atoms with E-state index in [1.165, 1.54) is 47.4 Å². The molecule has 0 aromatic heterocycles. The number of para-hydroxylation sites is 1. The number of hydrogen-bond acceptors (Lipinski definition) is 3. The van der Waals surface area contributed by atoms with Crippen LogP contribution in [-0.4, -0.2) is 11.8 Å². The zero-order valence-electron chi connectivity index (χ0n) is 14.4. The van der Waals surface area contributed by atoms with Crippen molar-refractivity contribution in [1.29, 1.82) is 0 Å². The molecule has 0 saturated carbocycles. The molecule has 2 N–H and O–H groups in total. The van der Waals surface area contributed by atoms with Crippen molar-refractivity contribution in [2.24, 2.45) is 0 Å². The molecule has 0 bridgehead atoms. The predicted molar refractivity (Wildman–Crippen MR) is 100.0 cm³/mol. The SMILES string of the molecule is O=C1c2ccccc2NC2(C(=O)Nc3cc(F)ccc32)N1c1ccc(F)cc1. The van der Waals surface area contributed by atoms with Gasteiger partial charge in [-0.15, -0.1) is 0 Å². The van der Waals surface area contributed by atoms with E-state index in [1.54, 1.807) is 24.3 Å². The number of nitrogens with zero attached hydrogens (tertiary/aromatic N) is 1. The molecule has 3 aromatic rings. The van der Waals surface area contributed by atoms with Crippen LogP contribution < -0.4 is 15.5 Å². The summed E-state index contributed by atoms with van der Waals surface area (Å²) in [5.74, 6) is -1.92. The summed E-state index contributed by atoms with van der Waals surface area (Å²) >= 11 is 0. The number of halogens is 2. The quantitative estimate of drug-likeness (QED) is 0.677. The van der Waals surface area contributed by atoms with Gasteiger partial charge in [0.05, 0.1) is 11.3 Å². The lowest BCUT2D eigenvalue weighted by molar-refractivity contribution is -0.119. The molecule has 1 spiro atoms. The number of amides is 2. The first-order valence-electron chi connectivity index (χ1n) is 8.59. The van der Waals surface area contributed by atoms with E-state index in [2.05, 4.69) is 10.6 Å². The van der Waals surface area contributed by atoms with Crippen LogP contribution in [0, 0.1) is 11.6 Å². The van der Waals surface area contributed by atoms with Crippen LogP contribution in [0.25, 0.3) is 0 Å². The Bertz CT molecular complexity index is 1150. The third kappa shape index (κ3) is 2.10. The molecule has 0 saturated heterocycles. The van der Waals surface area contributed by atoms with Crippen molar-refractivity contribution in [2.45, 2.75) is 5.66 Å². The summed E-state index contributed by atoms with van der Waals surface area (Å²) in [6.45, 7) is 0. The average molecular weight is 377 g/mol. The standard InChI is InChI=1S/C21H13F2N3O2/c22-12-5-8-14(9-6-12)26-19(27)15-3-1-2-4-17(15)25-21(26)16-10-7-13(23)11-18(16)24-20(21)28/h1-11,25H,(H,24,28). The van der Waals surface area contributed by atoms with Gasteiger partial charge in [-0.2, -0.15) is 0 Å². The van der Waals surface area contributed by atoms with Gasteiger partial charge in [0.25, 0.3) is 11.8 Å². The van der Waals surface area contributed by atoms with Crippen molar-refractivity contribution in [3.63, 3.8) is 0 Å². The van der Waals surface area contributed by atoms with Gasteiger partial charge in [-0.3, -0.25) is 14.5 Å². The minimum atomic E-state index is -1.62. The van der Waals surface area contributed by atoms with Crippen LogP contribution in [0.2, 0.25) is 0 Å². The molecule has 2 aliphatic heterocycles. The average Bonchev–Trinajstić information content (AvgIpc) is 2.94.